The van der Waals surface area contributed by atoms with Crippen molar-refractivity contribution in [2.45, 2.75) is 19.4 Å². The summed E-state index contributed by atoms with van der Waals surface area (Å²) in [6, 6.07) is 6.38. The van der Waals surface area contributed by atoms with Gasteiger partial charge in [-0.1, -0.05) is 0 Å². The third kappa shape index (κ3) is 3.01. The highest BCUT2D eigenvalue weighted by Gasteiger charge is 2.24. The van der Waals surface area contributed by atoms with Crippen LogP contribution in [0.4, 0.5) is 11.4 Å². The van der Waals surface area contributed by atoms with E-state index in [-0.39, 0.29) is 11.7 Å². The predicted octanol–water partition coefficient (Wildman–Crippen LogP) is 2.30. The van der Waals surface area contributed by atoms with Gasteiger partial charge in [-0.25, -0.2) is 0 Å². The number of hydrogen-bond donors (Lipinski definition) is 1. The molecule has 0 bridgehead atoms. The van der Waals surface area contributed by atoms with Gasteiger partial charge < -0.3 is 10.1 Å². The van der Waals surface area contributed by atoms with Crippen LogP contribution < -0.4 is 5.32 Å². The van der Waals surface area contributed by atoms with Crippen molar-refractivity contribution >= 4 is 11.4 Å². The van der Waals surface area contributed by atoms with E-state index in [1.807, 2.05) is 13.0 Å². The van der Waals surface area contributed by atoms with Gasteiger partial charge in [0.1, 0.15) is 5.69 Å². The van der Waals surface area contributed by atoms with Crippen molar-refractivity contribution in [2.75, 3.05) is 18.5 Å². The molecule has 0 saturated carbocycles. The summed E-state index contributed by atoms with van der Waals surface area (Å²) in [4.78, 5) is 10.5. The van der Waals surface area contributed by atoms with Gasteiger partial charge >= 0.3 is 0 Å². The Balaban J connectivity index is 2.21. The van der Waals surface area contributed by atoms with Crippen molar-refractivity contribution in [1.82, 2.24) is 0 Å². The number of anilines is 1. The van der Waals surface area contributed by atoms with Gasteiger partial charge in [-0.3, -0.25) is 10.1 Å². The zero-order valence-electron chi connectivity index (χ0n) is 10.6. The molecule has 0 amide bonds. The maximum atomic E-state index is 11.0. The molecule has 1 fully saturated rings. The van der Waals surface area contributed by atoms with Crippen molar-refractivity contribution in [3.63, 3.8) is 0 Å². The summed E-state index contributed by atoms with van der Waals surface area (Å²) in [5.41, 5.74) is 0.788. The standard InChI is InChI=1S/C13H15N3O3/c1-9(11-4-5-19-8-11)15-12-6-10(7-14)2-3-13(12)16(17)18/h2-3,6,9,11,15H,4-5,8H2,1H3. The van der Waals surface area contributed by atoms with Crippen LogP contribution >= 0.6 is 0 Å². The molecule has 1 aliphatic heterocycles. The molecule has 6 nitrogen and oxygen atoms in total. The second-order valence-electron chi connectivity index (χ2n) is 4.66. The fraction of sp³-hybridized carbons (Fsp3) is 0.462. The van der Waals surface area contributed by atoms with Crippen LogP contribution in [0, 0.1) is 27.4 Å². The van der Waals surface area contributed by atoms with Crippen molar-refractivity contribution in [3.8, 4) is 6.07 Å². The van der Waals surface area contributed by atoms with E-state index in [1.54, 1.807) is 0 Å². The number of nitro benzene ring substituents is 1. The second kappa shape index (κ2) is 5.67. The van der Waals surface area contributed by atoms with Gasteiger partial charge in [-0.2, -0.15) is 5.26 Å². The summed E-state index contributed by atoms with van der Waals surface area (Å²) in [5.74, 6) is 0.338. The molecule has 2 unspecified atom stereocenters. The van der Waals surface area contributed by atoms with Crippen LogP contribution in [0.1, 0.15) is 18.9 Å². The van der Waals surface area contributed by atoms with E-state index in [0.29, 0.717) is 23.8 Å². The lowest BCUT2D eigenvalue weighted by atomic mass is 10.00. The predicted molar refractivity (Wildman–Crippen MR) is 69.8 cm³/mol. The summed E-state index contributed by atoms with van der Waals surface area (Å²) in [5, 5.41) is 23.0. The molecule has 1 heterocycles. The molecule has 1 aromatic rings. The van der Waals surface area contributed by atoms with Crippen LogP contribution in [0.2, 0.25) is 0 Å². The molecular weight excluding hydrogens is 246 g/mol. The molecule has 0 aromatic heterocycles. The number of benzene rings is 1. The average Bonchev–Trinajstić information content (AvgIpc) is 2.92. The highest BCUT2D eigenvalue weighted by atomic mass is 16.6. The lowest BCUT2D eigenvalue weighted by molar-refractivity contribution is -0.384. The molecular formula is C13H15N3O3. The number of nitriles is 1. The minimum absolute atomic E-state index is 0.00948. The molecule has 1 saturated heterocycles. The highest BCUT2D eigenvalue weighted by Crippen LogP contribution is 2.28. The molecule has 6 heteroatoms. The average molecular weight is 261 g/mol. The highest BCUT2D eigenvalue weighted by molar-refractivity contribution is 5.64. The number of nitrogens with zero attached hydrogens (tertiary/aromatic N) is 2. The first-order chi connectivity index (χ1) is 9.11. The van der Waals surface area contributed by atoms with Gasteiger partial charge in [0.05, 0.1) is 23.2 Å². The Morgan fingerprint density at radius 3 is 3.00 bits per heavy atom. The van der Waals surface area contributed by atoms with Gasteiger partial charge in [0.2, 0.25) is 0 Å². The Hall–Kier alpha value is -2.13. The van der Waals surface area contributed by atoms with Crippen LogP contribution in [0.25, 0.3) is 0 Å². The minimum Gasteiger partial charge on any atom is -0.381 e. The van der Waals surface area contributed by atoms with E-state index in [4.69, 9.17) is 10.00 Å². The van der Waals surface area contributed by atoms with Crippen LogP contribution in [0.5, 0.6) is 0 Å². The number of hydrogen-bond acceptors (Lipinski definition) is 5. The molecule has 100 valence electrons. The number of nitrogens with one attached hydrogen (secondary N) is 1. The summed E-state index contributed by atoms with van der Waals surface area (Å²) in [6.07, 6.45) is 0.944. The van der Waals surface area contributed by atoms with Gasteiger partial charge in [-0.05, 0) is 25.5 Å². The number of nitro groups is 1. The third-order valence-corrected chi connectivity index (χ3v) is 3.38. The minimum atomic E-state index is -0.443. The summed E-state index contributed by atoms with van der Waals surface area (Å²) in [6.45, 7) is 3.37. The Morgan fingerprint density at radius 2 is 2.42 bits per heavy atom. The van der Waals surface area contributed by atoms with E-state index in [1.165, 1.54) is 18.2 Å². The molecule has 0 radical (unpaired) electrons. The van der Waals surface area contributed by atoms with Crippen LogP contribution in [-0.4, -0.2) is 24.2 Å². The van der Waals surface area contributed by atoms with Crippen LogP contribution in [0.15, 0.2) is 18.2 Å². The Labute approximate surface area is 111 Å². The van der Waals surface area contributed by atoms with Gasteiger partial charge in [-0.15, -0.1) is 0 Å². The van der Waals surface area contributed by atoms with Crippen molar-refractivity contribution in [3.05, 3.63) is 33.9 Å². The topological polar surface area (TPSA) is 88.2 Å². The first-order valence-corrected chi connectivity index (χ1v) is 6.14. The largest absolute Gasteiger partial charge is 0.381 e. The van der Waals surface area contributed by atoms with Gasteiger partial charge in [0, 0.05) is 24.6 Å². The van der Waals surface area contributed by atoms with Gasteiger partial charge in [0.15, 0.2) is 0 Å². The summed E-state index contributed by atoms with van der Waals surface area (Å²) >= 11 is 0. The molecule has 0 spiro atoms. The van der Waals surface area contributed by atoms with Crippen molar-refractivity contribution < 1.29 is 9.66 Å². The molecule has 1 aliphatic rings. The van der Waals surface area contributed by atoms with E-state index < -0.39 is 4.92 Å². The summed E-state index contributed by atoms with van der Waals surface area (Å²) in [7, 11) is 0. The van der Waals surface area contributed by atoms with Crippen molar-refractivity contribution in [1.29, 1.82) is 5.26 Å². The fourth-order valence-corrected chi connectivity index (χ4v) is 2.19. The second-order valence-corrected chi connectivity index (χ2v) is 4.66. The maximum Gasteiger partial charge on any atom is 0.292 e. The SMILES string of the molecule is CC(Nc1cc(C#N)ccc1[N+](=O)[O-])C1CCOC1. The first kappa shape index (κ1) is 13.3. The molecule has 2 atom stereocenters. The van der Waals surface area contributed by atoms with E-state index in [2.05, 4.69) is 5.32 Å². The zero-order valence-corrected chi connectivity index (χ0v) is 10.6. The first-order valence-electron chi connectivity index (χ1n) is 6.14. The Morgan fingerprint density at radius 1 is 1.63 bits per heavy atom. The normalized spacial score (nSPS) is 19.7. The van der Waals surface area contributed by atoms with Crippen LogP contribution in [0.3, 0.4) is 0 Å². The Bertz CT molecular complexity index is 518. The van der Waals surface area contributed by atoms with E-state index >= 15 is 0 Å². The monoisotopic (exact) mass is 261 g/mol. The maximum absolute atomic E-state index is 11.0. The summed E-state index contributed by atoms with van der Waals surface area (Å²) < 4.78 is 5.31. The van der Waals surface area contributed by atoms with Gasteiger partial charge in [0.25, 0.3) is 5.69 Å². The smallest absolute Gasteiger partial charge is 0.292 e. The number of rotatable bonds is 4. The lowest BCUT2D eigenvalue weighted by Crippen LogP contribution is -2.26. The van der Waals surface area contributed by atoms with Crippen molar-refractivity contribution in [2.24, 2.45) is 5.92 Å². The molecule has 1 aromatic carbocycles. The van der Waals surface area contributed by atoms with E-state index in [0.717, 1.165) is 13.0 Å². The third-order valence-electron chi connectivity index (χ3n) is 3.38. The van der Waals surface area contributed by atoms with E-state index in [9.17, 15) is 10.1 Å². The molecule has 0 aliphatic carbocycles. The molecule has 2 rings (SSSR count). The molecule has 1 N–H and O–H groups in total. The fourth-order valence-electron chi connectivity index (χ4n) is 2.19. The lowest BCUT2D eigenvalue weighted by Gasteiger charge is -2.20. The molecule has 19 heavy (non-hydrogen) atoms. The number of ether oxygens (including phenoxy) is 1. The Kier molecular flexibility index (Phi) is 3.97. The van der Waals surface area contributed by atoms with Crippen LogP contribution in [-0.2, 0) is 4.74 Å². The quantitative estimate of drug-likeness (QED) is 0.663. The zero-order chi connectivity index (χ0) is 13.8.